The van der Waals surface area contributed by atoms with E-state index in [-0.39, 0.29) is 5.97 Å². The first-order chi connectivity index (χ1) is 7.33. The van der Waals surface area contributed by atoms with Gasteiger partial charge < -0.3 is 9.22 Å². The molecule has 2 N–H and O–H groups in total. The van der Waals surface area contributed by atoms with Gasteiger partial charge in [0.05, 0.1) is 21.1 Å². The lowest BCUT2D eigenvalue weighted by Crippen LogP contribution is -2.38. The van der Waals surface area contributed by atoms with Crippen LogP contribution < -0.4 is 0 Å². The van der Waals surface area contributed by atoms with Crippen LogP contribution in [0.3, 0.4) is 0 Å². The number of hydrogen-bond acceptors (Lipinski definition) is 4. The number of quaternary nitrogens is 1. The van der Waals surface area contributed by atoms with Crippen LogP contribution >= 0.6 is 0 Å². The molecule has 0 aromatic carbocycles. The monoisotopic (exact) mass is 270 g/mol. The van der Waals surface area contributed by atoms with E-state index in [1.54, 1.807) is 6.92 Å². The van der Waals surface area contributed by atoms with E-state index in [2.05, 4.69) is 27.7 Å². The molecule has 0 aromatic rings. The number of esters is 1. The molecule has 0 aliphatic rings. The molecule has 0 bridgehead atoms. The van der Waals surface area contributed by atoms with E-state index in [9.17, 15) is 4.79 Å². The Labute approximate surface area is 102 Å². The SMILES string of the molecule is C=C(C)C(=O)OCC[N+](C)(C)C.O=S(=O)(O)O. The molecular weight excluding hydrogens is 250 g/mol. The van der Waals surface area contributed by atoms with Gasteiger partial charge in [-0.2, -0.15) is 8.42 Å². The van der Waals surface area contributed by atoms with Crippen molar-refractivity contribution in [1.82, 2.24) is 0 Å². The third-order valence-corrected chi connectivity index (χ3v) is 1.34. The molecule has 0 atom stereocenters. The Bertz CT molecular complexity index is 346. The summed E-state index contributed by atoms with van der Waals surface area (Å²) in [6, 6.07) is 0. The van der Waals surface area contributed by atoms with Gasteiger partial charge in [0.25, 0.3) is 0 Å². The summed E-state index contributed by atoms with van der Waals surface area (Å²) in [4.78, 5) is 10.9. The Kier molecular flexibility index (Phi) is 7.99. The standard InChI is InChI=1S/C9H18NO2.H2O4S/c1-8(2)9(11)12-7-6-10(3,4)5;1-5(2,3)4/h1,6-7H2,2-5H3;(H2,1,2,3,4)/q+1;. The summed E-state index contributed by atoms with van der Waals surface area (Å²) < 4.78 is 37.3. The van der Waals surface area contributed by atoms with Gasteiger partial charge in [-0.3, -0.25) is 9.11 Å². The molecule has 0 aromatic heterocycles. The largest absolute Gasteiger partial charge is 0.456 e. The molecule has 0 fully saturated rings. The van der Waals surface area contributed by atoms with E-state index in [4.69, 9.17) is 22.3 Å². The van der Waals surface area contributed by atoms with Crippen molar-refractivity contribution in [1.29, 1.82) is 0 Å². The first-order valence-electron chi connectivity index (χ1n) is 4.66. The Balaban J connectivity index is 0. The second-order valence-electron chi connectivity index (χ2n) is 4.38. The van der Waals surface area contributed by atoms with Crippen LogP contribution in [0.2, 0.25) is 0 Å². The van der Waals surface area contributed by atoms with Crippen molar-refractivity contribution >= 4 is 16.4 Å². The minimum absolute atomic E-state index is 0.302. The zero-order chi connectivity index (χ0) is 14.3. The van der Waals surface area contributed by atoms with Crippen molar-refractivity contribution in [3.8, 4) is 0 Å². The van der Waals surface area contributed by atoms with Crippen LogP contribution in [-0.2, 0) is 19.9 Å². The quantitative estimate of drug-likeness (QED) is 0.326. The van der Waals surface area contributed by atoms with Crippen LogP contribution in [0.1, 0.15) is 6.92 Å². The van der Waals surface area contributed by atoms with E-state index < -0.39 is 10.4 Å². The molecule has 0 aliphatic carbocycles. The highest BCUT2D eigenvalue weighted by atomic mass is 32.3. The lowest BCUT2D eigenvalue weighted by Gasteiger charge is -2.23. The van der Waals surface area contributed by atoms with E-state index in [0.717, 1.165) is 11.0 Å². The minimum atomic E-state index is -4.67. The van der Waals surface area contributed by atoms with Gasteiger partial charge in [0.1, 0.15) is 13.2 Å². The highest BCUT2D eigenvalue weighted by Gasteiger charge is 2.09. The number of rotatable bonds is 4. The summed E-state index contributed by atoms with van der Waals surface area (Å²) in [7, 11) is 1.48. The van der Waals surface area contributed by atoms with E-state index >= 15 is 0 Å². The maximum Gasteiger partial charge on any atom is 0.394 e. The van der Waals surface area contributed by atoms with E-state index in [0.29, 0.717) is 12.2 Å². The Hall–Kier alpha value is -0.960. The molecule has 0 rings (SSSR count). The van der Waals surface area contributed by atoms with Gasteiger partial charge in [0.2, 0.25) is 0 Å². The predicted molar refractivity (Wildman–Crippen MR) is 62.8 cm³/mol. The number of hydrogen-bond donors (Lipinski definition) is 2. The summed E-state index contributed by atoms with van der Waals surface area (Å²) >= 11 is 0. The predicted octanol–water partition coefficient (Wildman–Crippen LogP) is 0.159. The molecule has 102 valence electrons. The number of likely N-dealkylation sites (N-methyl/N-ethyl adjacent to an activating group) is 1. The zero-order valence-corrected chi connectivity index (χ0v) is 11.3. The fourth-order valence-electron chi connectivity index (χ4n) is 0.535. The van der Waals surface area contributed by atoms with Crippen molar-refractivity contribution in [3.63, 3.8) is 0 Å². The molecular formula is C9H20NO6S+. The Morgan fingerprint density at radius 1 is 1.29 bits per heavy atom. The van der Waals surface area contributed by atoms with E-state index in [1.807, 2.05) is 0 Å². The third-order valence-electron chi connectivity index (χ3n) is 1.34. The zero-order valence-electron chi connectivity index (χ0n) is 10.5. The van der Waals surface area contributed by atoms with Crippen molar-refractivity contribution in [2.45, 2.75) is 6.92 Å². The average Bonchev–Trinajstić information content (AvgIpc) is 1.97. The molecule has 0 spiro atoms. The molecule has 0 radical (unpaired) electrons. The number of nitrogens with zero attached hydrogens (tertiary/aromatic N) is 1. The molecule has 0 aliphatic heterocycles. The Morgan fingerprint density at radius 3 is 1.88 bits per heavy atom. The van der Waals surface area contributed by atoms with Crippen LogP contribution in [0.25, 0.3) is 0 Å². The molecule has 0 saturated carbocycles. The lowest BCUT2D eigenvalue weighted by atomic mass is 10.4. The fourth-order valence-corrected chi connectivity index (χ4v) is 0.535. The van der Waals surface area contributed by atoms with Gasteiger partial charge in [-0.1, -0.05) is 6.58 Å². The normalized spacial score (nSPS) is 11.2. The smallest absolute Gasteiger partial charge is 0.394 e. The van der Waals surface area contributed by atoms with Crippen LogP contribution in [0.5, 0.6) is 0 Å². The third kappa shape index (κ3) is 25.4. The summed E-state index contributed by atoms with van der Waals surface area (Å²) in [5.74, 6) is -0.302. The molecule has 17 heavy (non-hydrogen) atoms. The number of carbonyl (C=O) groups is 1. The van der Waals surface area contributed by atoms with Gasteiger partial charge in [0.15, 0.2) is 0 Å². The minimum Gasteiger partial charge on any atom is -0.456 e. The first kappa shape index (κ1) is 18.4. The van der Waals surface area contributed by atoms with Gasteiger partial charge in [-0.15, -0.1) is 0 Å². The first-order valence-corrected chi connectivity index (χ1v) is 6.05. The topological polar surface area (TPSA) is 101 Å². The second kappa shape index (κ2) is 7.38. The van der Waals surface area contributed by atoms with E-state index in [1.165, 1.54) is 0 Å². The summed E-state index contributed by atoms with van der Waals surface area (Å²) in [6.07, 6.45) is 0. The Morgan fingerprint density at radius 2 is 1.65 bits per heavy atom. The molecule has 8 heteroatoms. The average molecular weight is 270 g/mol. The summed E-state index contributed by atoms with van der Waals surface area (Å²) in [5, 5.41) is 0. The molecule has 7 nitrogen and oxygen atoms in total. The van der Waals surface area contributed by atoms with Gasteiger partial charge in [-0.05, 0) is 6.92 Å². The van der Waals surface area contributed by atoms with Crippen LogP contribution in [0.4, 0.5) is 0 Å². The molecule has 0 unspecified atom stereocenters. The maximum absolute atomic E-state index is 10.9. The van der Waals surface area contributed by atoms with Gasteiger partial charge >= 0.3 is 16.4 Å². The number of ether oxygens (including phenoxy) is 1. The van der Waals surface area contributed by atoms with Crippen molar-refractivity contribution in [2.75, 3.05) is 34.3 Å². The highest BCUT2D eigenvalue weighted by molar-refractivity contribution is 7.79. The van der Waals surface area contributed by atoms with Gasteiger partial charge in [0, 0.05) is 5.57 Å². The van der Waals surface area contributed by atoms with Crippen molar-refractivity contribution < 1.29 is 31.5 Å². The molecule has 0 heterocycles. The van der Waals surface area contributed by atoms with Crippen molar-refractivity contribution in [2.24, 2.45) is 0 Å². The second-order valence-corrected chi connectivity index (χ2v) is 5.27. The van der Waals surface area contributed by atoms with Crippen LogP contribution in [-0.4, -0.2) is 62.3 Å². The molecule has 0 amide bonds. The lowest BCUT2D eigenvalue weighted by molar-refractivity contribution is -0.870. The summed E-state index contributed by atoms with van der Waals surface area (Å²) in [6.45, 7) is 6.41. The highest BCUT2D eigenvalue weighted by Crippen LogP contribution is 1.94. The maximum atomic E-state index is 10.9. The van der Waals surface area contributed by atoms with Gasteiger partial charge in [-0.25, -0.2) is 4.79 Å². The fraction of sp³-hybridized carbons (Fsp3) is 0.667. The number of carbonyl (C=O) groups excluding carboxylic acids is 1. The van der Waals surface area contributed by atoms with Crippen molar-refractivity contribution in [3.05, 3.63) is 12.2 Å². The molecule has 0 saturated heterocycles. The van der Waals surface area contributed by atoms with Crippen LogP contribution in [0, 0.1) is 0 Å². The summed E-state index contributed by atoms with van der Waals surface area (Å²) in [5.41, 5.74) is 0.455. The van der Waals surface area contributed by atoms with Crippen LogP contribution in [0.15, 0.2) is 12.2 Å².